The van der Waals surface area contributed by atoms with Crippen molar-refractivity contribution in [2.24, 2.45) is 0 Å². The van der Waals surface area contributed by atoms with Crippen molar-refractivity contribution in [2.75, 3.05) is 0 Å². The number of fused-ring (bicyclic) bond motifs is 3. The highest BCUT2D eigenvalue weighted by molar-refractivity contribution is 7.13. The predicted molar refractivity (Wildman–Crippen MR) is 114 cm³/mol. The summed E-state index contributed by atoms with van der Waals surface area (Å²) in [6.07, 6.45) is 1.91. The predicted octanol–water partition coefficient (Wildman–Crippen LogP) is 6.11. The van der Waals surface area contributed by atoms with Gasteiger partial charge in [0.25, 0.3) is 0 Å². The first-order chi connectivity index (χ1) is 13.7. The number of hydrogen-bond acceptors (Lipinski definition) is 4. The van der Waals surface area contributed by atoms with E-state index in [2.05, 4.69) is 11.1 Å². The Hall–Kier alpha value is -3.20. The van der Waals surface area contributed by atoms with Gasteiger partial charge in [0.15, 0.2) is 0 Å². The van der Waals surface area contributed by atoms with Crippen LogP contribution in [0.25, 0.3) is 38.5 Å². The minimum atomic E-state index is 0.535. The van der Waals surface area contributed by atoms with Gasteiger partial charge < -0.3 is 0 Å². The van der Waals surface area contributed by atoms with Gasteiger partial charge in [-0.2, -0.15) is 5.26 Å². The van der Waals surface area contributed by atoms with Gasteiger partial charge in [0.1, 0.15) is 22.2 Å². The SMILES string of the molecule is Cc1c(-c2csc(-c3ccccc3)n2)c(Cl)c2c(nc3ccccn32)c1C#N. The van der Waals surface area contributed by atoms with E-state index in [9.17, 15) is 5.26 Å². The second kappa shape index (κ2) is 6.45. The smallest absolute Gasteiger partial charge is 0.138 e. The number of imidazole rings is 1. The highest BCUT2D eigenvalue weighted by atomic mass is 35.5. The maximum absolute atomic E-state index is 9.83. The number of nitrogens with zero attached hydrogens (tertiary/aromatic N) is 4. The Morgan fingerprint density at radius 2 is 1.86 bits per heavy atom. The minimum Gasteiger partial charge on any atom is -0.298 e. The highest BCUT2D eigenvalue weighted by Crippen LogP contribution is 2.41. The van der Waals surface area contributed by atoms with E-state index in [4.69, 9.17) is 16.6 Å². The van der Waals surface area contributed by atoms with E-state index in [0.717, 1.165) is 38.6 Å². The number of halogens is 1. The van der Waals surface area contributed by atoms with Crippen molar-refractivity contribution >= 4 is 39.6 Å². The minimum absolute atomic E-state index is 0.535. The molecule has 5 aromatic rings. The largest absolute Gasteiger partial charge is 0.298 e. The molecular formula is C22H13ClN4S. The van der Waals surface area contributed by atoms with Gasteiger partial charge >= 0.3 is 0 Å². The van der Waals surface area contributed by atoms with Crippen LogP contribution in [0.3, 0.4) is 0 Å². The third-order valence-electron chi connectivity index (χ3n) is 4.84. The fraction of sp³-hybridized carbons (Fsp3) is 0.0455. The van der Waals surface area contributed by atoms with Gasteiger partial charge in [0, 0.05) is 22.7 Å². The average Bonchev–Trinajstić information content (AvgIpc) is 3.34. The Labute approximate surface area is 170 Å². The molecule has 2 aromatic carbocycles. The molecule has 3 heterocycles. The van der Waals surface area contributed by atoms with Crippen LogP contribution in [0, 0.1) is 18.3 Å². The fourth-order valence-corrected chi connectivity index (χ4v) is 4.74. The Kier molecular flexibility index (Phi) is 3.90. The Balaban J connectivity index is 1.82. The summed E-state index contributed by atoms with van der Waals surface area (Å²) >= 11 is 8.44. The molecule has 134 valence electrons. The molecule has 0 N–H and O–H groups in total. The van der Waals surface area contributed by atoms with E-state index in [0.29, 0.717) is 16.1 Å². The molecule has 0 aliphatic rings. The van der Waals surface area contributed by atoms with Crippen molar-refractivity contribution in [1.29, 1.82) is 5.26 Å². The van der Waals surface area contributed by atoms with Crippen LogP contribution in [0.4, 0.5) is 0 Å². The monoisotopic (exact) mass is 400 g/mol. The van der Waals surface area contributed by atoms with Crippen LogP contribution in [-0.4, -0.2) is 14.4 Å². The lowest BCUT2D eigenvalue weighted by Crippen LogP contribution is -1.94. The van der Waals surface area contributed by atoms with E-state index in [1.54, 1.807) is 11.3 Å². The quantitative estimate of drug-likeness (QED) is 0.359. The summed E-state index contributed by atoms with van der Waals surface area (Å²) in [4.78, 5) is 9.45. The van der Waals surface area contributed by atoms with Gasteiger partial charge in [-0.1, -0.05) is 48.0 Å². The maximum Gasteiger partial charge on any atom is 0.138 e. The van der Waals surface area contributed by atoms with Gasteiger partial charge in [-0.05, 0) is 24.6 Å². The number of benzene rings is 2. The molecule has 5 rings (SSSR count). The molecule has 28 heavy (non-hydrogen) atoms. The van der Waals surface area contributed by atoms with Crippen molar-refractivity contribution in [3.8, 4) is 27.9 Å². The summed E-state index contributed by atoms with van der Waals surface area (Å²) in [5.41, 5.74) is 6.08. The van der Waals surface area contributed by atoms with E-state index in [1.165, 1.54) is 0 Å². The summed E-state index contributed by atoms with van der Waals surface area (Å²) in [5.74, 6) is 0. The lowest BCUT2D eigenvalue weighted by molar-refractivity contribution is 1.23. The number of rotatable bonds is 2. The maximum atomic E-state index is 9.83. The van der Waals surface area contributed by atoms with Gasteiger partial charge in [-0.15, -0.1) is 11.3 Å². The molecule has 0 saturated heterocycles. The van der Waals surface area contributed by atoms with E-state index in [-0.39, 0.29) is 0 Å². The van der Waals surface area contributed by atoms with Gasteiger partial charge in [0.05, 0.1) is 21.8 Å². The molecule has 0 bridgehead atoms. The number of pyridine rings is 1. The first kappa shape index (κ1) is 16.9. The summed E-state index contributed by atoms with van der Waals surface area (Å²) < 4.78 is 1.92. The zero-order chi connectivity index (χ0) is 19.3. The van der Waals surface area contributed by atoms with Crippen LogP contribution in [0.2, 0.25) is 5.02 Å². The molecule has 0 radical (unpaired) electrons. The normalized spacial score (nSPS) is 11.2. The van der Waals surface area contributed by atoms with Crippen molar-refractivity contribution in [3.05, 3.63) is 76.3 Å². The lowest BCUT2D eigenvalue weighted by Gasteiger charge is -2.10. The molecule has 0 aliphatic carbocycles. The van der Waals surface area contributed by atoms with Gasteiger partial charge in [-0.25, -0.2) is 9.97 Å². The Morgan fingerprint density at radius 3 is 2.64 bits per heavy atom. The summed E-state index contributed by atoms with van der Waals surface area (Å²) in [6, 6.07) is 18.1. The molecule has 0 atom stereocenters. The van der Waals surface area contributed by atoms with E-state index >= 15 is 0 Å². The zero-order valence-corrected chi connectivity index (χ0v) is 16.4. The van der Waals surface area contributed by atoms with Crippen LogP contribution in [0.15, 0.2) is 60.1 Å². The zero-order valence-electron chi connectivity index (χ0n) is 14.8. The van der Waals surface area contributed by atoms with E-state index < -0.39 is 0 Å². The van der Waals surface area contributed by atoms with Crippen LogP contribution in [-0.2, 0) is 0 Å². The molecule has 3 aromatic heterocycles. The number of nitriles is 1. The topological polar surface area (TPSA) is 54.0 Å². The third-order valence-corrected chi connectivity index (χ3v) is 6.10. The van der Waals surface area contributed by atoms with Crippen molar-refractivity contribution in [1.82, 2.24) is 14.4 Å². The second-order valence-electron chi connectivity index (χ2n) is 6.44. The lowest BCUT2D eigenvalue weighted by atomic mass is 9.99. The molecule has 0 fully saturated rings. The molecule has 4 nitrogen and oxygen atoms in total. The number of thiazole rings is 1. The fourth-order valence-electron chi connectivity index (χ4n) is 3.51. The molecule has 6 heteroatoms. The molecule has 0 saturated carbocycles. The van der Waals surface area contributed by atoms with Crippen LogP contribution >= 0.6 is 22.9 Å². The highest BCUT2D eigenvalue weighted by Gasteiger charge is 2.22. The Morgan fingerprint density at radius 1 is 1.07 bits per heavy atom. The van der Waals surface area contributed by atoms with Crippen LogP contribution in [0.5, 0.6) is 0 Å². The Bertz CT molecular complexity index is 1390. The molecule has 0 aliphatic heterocycles. The van der Waals surface area contributed by atoms with Crippen LogP contribution < -0.4 is 0 Å². The van der Waals surface area contributed by atoms with Gasteiger partial charge in [0.2, 0.25) is 0 Å². The summed E-state index contributed by atoms with van der Waals surface area (Å²) in [7, 11) is 0. The van der Waals surface area contributed by atoms with Crippen LogP contribution in [0.1, 0.15) is 11.1 Å². The average molecular weight is 401 g/mol. The van der Waals surface area contributed by atoms with Crippen molar-refractivity contribution < 1.29 is 0 Å². The van der Waals surface area contributed by atoms with Gasteiger partial charge in [-0.3, -0.25) is 4.40 Å². The first-order valence-electron chi connectivity index (χ1n) is 8.69. The molecule has 0 unspecified atom stereocenters. The standard InChI is InChI=1S/C22H13ClN4S/c1-13-15(11-24)20-21(27-10-6-5-9-17(27)26-20)19(23)18(13)16-12-28-22(25-16)14-7-3-2-4-8-14/h2-10,12H,1H3. The third kappa shape index (κ3) is 2.43. The van der Waals surface area contributed by atoms with Crippen molar-refractivity contribution in [3.63, 3.8) is 0 Å². The summed E-state index contributed by atoms with van der Waals surface area (Å²) in [5, 5.41) is 13.3. The molecular weight excluding hydrogens is 388 g/mol. The second-order valence-corrected chi connectivity index (χ2v) is 7.68. The van der Waals surface area contributed by atoms with E-state index in [1.807, 2.05) is 71.4 Å². The number of aromatic nitrogens is 3. The van der Waals surface area contributed by atoms with Crippen molar-refractivity contribution in [2.45, 2.75) is 6.92 Å². The first-order valence-corrected chi connectivity index (χ1v) is 9.95. The molecule has 0 spiro atoms. The molecule has 0 amide bonds. The number of hydrogen-bond donors (Lipinski definition) is 0. The summed E-state index contributed by atoms with van der Waals surface area (Å²) in [6.45, 7) is 1.91.